The fourth-order valence-electron chi connectivity index (χ4n) is 0.693. The van der Waals surface area contributed by atoms with Crippen molar-refractivity contribution in [1.29, 1.82) is 0 Å². The second-order valence-electron chi connectivity index (χ2n) is 2.13. The van der Waals surface area contributed by atoms with Gasteiger partial charge in [0.2, 0.25) is 0 Å². The van der Waals surface area contributed by atoms with E-state index in [-0.39, 0.29) is 0 Å². The van der Waals surface area contributed by atoms with Crippen molar-refractivity contribution in [2.45, 2.75) is 6.92 Å². The Hall–Kier alpha value is -1.31. The molecular weight excluding hydrogens is 126 g/mol. The van der Waals surface area contributed by atoms with Crippen LogP contribution in [0, 0.1) is 6.92 Å². The smallest absolute Gasteiger partial charge is 0.102 e. The maximum atomic E-state index is 8.36. The van der Waals surface area contributed by atoms with Crippen molar-refractivity contribution in [3.05, 3.63) is 41.3 Å². The van der Waals surface area contributed by atoms with E-state index >= 15 is 0 Å². The SMILES string of the molecule is Cc1ccc/c(=N/O)cc1. The molecule has 0 aliphatic rings. The van der Waals surface area contributed by atoms with Crippen molar-refractivity contribution in [1.82, 2.24) is 0 Å². The summed E-state index contributed by atoms with van der Waals surface area (Å²) >= 11 is 0. The normalized spacial score (nSPS) is 11.5. The summed E-state index contributed by atoms with van der Waals surface area (Å²) in [5.74, 6) is 0. The fourth-order valence-corrected chi connectivity index (χ4v) is 0.693. The molecule has 0 atom stereocenters. The van der Waals surface area contributed by atoms with E-state index in [9.17, 15) is 0 Å². The van der Waals surface area contributed by atoms with Crippen LogP contribution in [0.4, 0.5) is 0 Å². The lowest BCUT2D eigenvalue weighted by Crippen LogP contribution is -1.93. The Bertz CT molecular complexity index is 280. The van der Waals surface area contributed by atoms with Crippen molar-refractivity contribution >= 4 is 0 Å². The van der Waals surface area contributed by atoms with Crippen LogP contribution >= 0.6 is 0 Å². The molecule has 0 heterocycles. The first kappa shape index (κ1) is 6.81. The Morgan fingerprint density at radius 3 is 2.70 bits per heavy atom. The second-order valence-corrected chi connectivity index (χ2v) is 2.13. The number of hydrogen-bond donors (Lipinski definition) is 1. The van der Waals surface area contributed by atoms with Gasteiger partial charge in [0, 0.05) is 0 Å². The molecule has 1 N–H and O–H groups in total. The molecule has 2 heteroatoms. The van der Waals surface area contributed by atoms with E-state index in [4.69, 9.17) is 5.21 Å². The van der Waals surface area contributed by atoms with Gasteiger partial charge in [-0.1, -0.05) is 28.9 Å². The van der Waals surface area contributed by atoms with Gasteiger partial charge in [-0.15, -0.1) is 0 Å². The lowest BCUT2D eigenvalue weighted by atomic mass is 10.3. The number of nitrogens with zero attached hydrogens (tertiary/aromatic N) is 1. The van der Waals surface area contributed by atoms with Gasteiger partial charge in [0.15, 0.2) is 0 Å². The summed E-state index contributed by atoms with van der Waals surface area (Å²) in [7, 11) is 0. The van der Waals surface area contributed by atoms with Gasteiger partial charge in [0.1, 0.15) is 5.36 Å². The van der Waals surface area contributed by atoms with Gasteiger partial charge < -0.3 is 5.21 Å². The van der Waals surface area contributed by atoms with E-state index < -0.39 is 0 Å². The molecule has 52 valence electrons. The number of aryl methyl sites for hydroxylation is 1. The third-order valence-electron chi connectivity index (χ3n) is 1.26. The Kier molecular flexibility index (Phi) is 2.05. The van der Waals surface area contributed by atoms with E-state index in [1.54, 1.807) is 12.1 Å². The van der Waals surface area contributed by atoms with Crippen LogP contribution in [0.1, 0.15) is 5.56 Å². The summed E-state index contributed by atoms with van der Waals surface area (Å²) in [6, 6.07) is 9.20. The van der Waals surface area contributed by atoms with Crippen molar-refractivity contribution in [3.8, 4) is 0 Å². The molecule has 2 nitrogen and oxygen atoms in total. The molecule has 0 radical (unpaired) electrons. The van der Waals surface area contributed by atoms with Crippen LogP contribution < -0.4 is 5.36 Å². The lowest BCUT2D eigenvalue weighted by molar-refractivity contribution is 0.302. The van der Waals surface area contributed by atoms with E-state index in [2.05, 4.69) is 5.16 Å². The van der Waals surface area contributed by atoms with Crippen LogP contribution in [-0.2, 0) is 0 Å². The molecule has 0 unspecified atom stereocenters. The third-order valence-corrected chi connectivity index (χ3v) is 1.26. The van der Waals surface area contributed by atoms with Crippen molar-refractivity contribution in [2.75, 3.05) is 0 Å². The van der Waals surface area contributed by atoms with Gasteiger partial charge in [-0.2, -0.15) is 0 Å². The van der Waals surface area contributed by atoms with Gasteiger partial charge >= 0.3 is 0 Å². The van der Waals surface area contributed by atoms with E-state index in [1.165, 1.54) is 0 Å². The summed E-state index contributed by atoms with van der Waals surface area (Å²) in [5, 5.41) is 12.0. The maximum Gasteiger partial charge on any atom is 0.102 e. The molecule has 1 aromatic rings. The average Bonchev–Trinajstić information content (AvgIpc) is 2.14. The Balaban J connectivity index is 3.30. The minimum absolute atomic E-state index is 0.577. The number of hydrogen-bond acceptors (Lipinski definition) is 2. The molecule has 10 heavy (non-hydrogen) atoms. The molecular formula is C8H9NO. The standard InChI is InChI=1S/C8H9NO/c1-7-3-2-4-8(9-10)6-5-7/h2-6,10H,1H3/b9-8-. The predicted molar refractivity (Wildman–Crippen MR) is 38.5 cm³/mol. The highest BCUT2D eigenvalue weighted by atomic mass is 16.4. The highest BCUT2D eigenvalue weighted by Crippen LogP contribution is 1.88. The lowest BCUT2D eigenvalue weighted by Gasteiger charge is -1.74. The Morgan fingerprint density at radius 2 is 2.00 bits per heavy atom. The zero-order valence-electron chi connectivity index (χ0n) is 5.78. The monoisotopic (exact) mass is 135 g/mol. The average molecular weight is 135 g/mol. The topological polar surface area (TPSA) is 32.6 Å². The molecule has 0 aliphatic carbocycles. The maximum absolute atomic E-state index is 8.36. The molecule has 0 fully saturated rings. The minimum atomic E-state index is 0.577. The van der Waals surface area contributed by atoms with E-state index in [0.29, 0.717) is 5.36 Å². The largest absolute Gasteiger partial charge is 0.410 e. The van der Waals surface area contributed by atoms with Crippen LogP contribution in [0.2, 0.25) is 0 Å². The molecule has 1 aromatic carbocycles. The molecule has 0 aliphatic heterocycles. The van der Waals surface area contributed by atoms with Crippen LogP contribution in [0.25, 0.3) is 0 Å². The molecule has 1 rings (SSSR count). The Labute approximate surface area is 59.5 Å². The molecule has 0 saturated heterocycles. The molecule has 0 bridgehead atoms. The second kappa shape index (κ2) is 3.01. The van der Waals surface area contributed by atoms with Crippen molar-refractivity contribution < 1.29 is 5.21 Å². The summed E-state index contributed by atoms with van der Waals surface area (Å²) in [4.78, 5) is 0. The predicted octanol–water partition coefficient (Wildman–Crippen LogP) is 1.28. The van der Waals surface area contributed by atoms with Gasteiger partial charge in [-0.25, -0.2) is 0 Å². The van der Waals surface area contributed by atoms with Gasteiger partial charge in [-0.3, -0.25) is 0 Å². The van der Waals surface area contributed by atoms with E-state index in [0.717, 1.165) is 5.56 Å². The molecule has 0 aromatic heterocycles. The van der Waals surface area contributed by atoms with Crippen molar-refractivity contribution in [3.63, 3.8) is 0 Å². The first-order valence-electron chi connectivity index (χ1n) is 3.08. The van der Waals surface area contributed by atoms with Gasteiger partial charge in [-0.05, 0) is 19.1 Å². The molecule has 0 saturated carbocycles. The first-order valence-corrected chi connectivity index (χ1v) is 3.08. The summed E-state index contributed by atoms with van der Waals surface area (Å²) < 4.78 is 0. The van der Waals surface area contributed by atoms with Crippen LogP contribution in [0.5, 0.6) is 0 Å². The molecule has 0 spiro atoms. The highest BCUT2D eigenvalue weighted by molar-refractivity contribution is 5.10. The summed E-state index contributed by atoms with van der Waals surface area (Å²) in [6.07, 6.45) is 0. The highest BCUT2D eigenvalue weighted by Gasteiger charge is 1.77. The first-order chi connectivity index (χ1) is 4.83. The quantitative estimate of drug-likeness (QED) is 0.422. The zero-order chi connectivity index (χ0) is 7.40. The summed E-state index contributed by atoms with van der Waals surface area (Å²) in [5.41, 5.74) is 1.15. The molecule has 0 amide bonds. The fraction of sp³-hybridized carbons (Fsp3) is 0.125. The summed E-state index contributed by atoms with van der Waals surface area (Å²) in [6.45, 7) is 1.99. The van der Waals surface area contributed by atoms with E-state index in [1.807, 2.05) is 25.1 Å². The van der Waals surface area contributed by atoms with Crippen LogP contribution in [0.15, 0.2) is 35.5 Å². The van der Waals surface area contributed by atoms with Crippen LogP contribution in [-0.4, -0.2) is 5.21 Å². The minimum Gasteiger partial charge on any atom is -0.410 e. The van der Waals surface area contributed by atoms with Gasteiger partial charge in [0.05, 0.1) is 0 Å². The number of rotatable bonds is 0. The Morgan fingerprint density at radius 1 is 1.20 bits per heavy atom. The van der Waals surface area contributed by atoms with Crippen molar-refractivity contribution in [2.24, 2.45) is 5.16 Å². The zero-order valence-corrected chi connectivity index (χ0v) is 5.78. The van der Waals surface area contributed by atoms with Gasteiger partial charge in [0.25, 0.3) is 0 Å². The third kappa shape index (κ3) is 1.58. The van der Waals surface area contributed by atoms with Crippen LogP contribution in [0.3, 0.4) is 0 Å².